The number of hydrogen-bond acceptors (Lipinski definition) is 8. The van der Waals surface area contributed by atoms with Gasteiger partial charge in [0.2, 0.25) is 12.4 Å². The molecule has 1 fully saturated rings. The van der Waals surface area contributed by atoms with Crippen molar-refractivity contribution in [2.75, 3.05) is 30.8 Å². The molecule has 2 unspecified atom stereocenters. The molecule has 2 atom stereocenters. The zero-order chi connectivity index (χ0) is 22.5. The Morgan fingerprint density at radius 2 is 2.16 bits per heavy atom. The standard InChI is InChI=1S/C22H27FN6O3/c1-32-20(31)12-29-8-7-14-5-6-16(9-15(14)11-29)26-22-24-10-17(23)21(28-22)27-19-4-2-3-18(19)25-13-30/h5-6,9-10,13,18-19H,2-4,7-8,11-12H2,1H3,(H,25,30)(H2,24,26,27,28). The Balaban J connectivity index is 1.45. The number of esters is 1. The van der Waals surface area contributed by atoms with Gasteiger partial charge in [0.1, 0.15) is 0 Å². The van der Waals surface area contributed by atoms with Crippen LogP contribution < -0.4 is 16.0 Å². The maximum Gasteiger partial charge on any atom is 0.319 e. The summed E-state index contributed by atoms with van der Waals surface area (Å²) in [5.41, 5.74) is 3.12. The van der Waals surface area contributed by atoms with E-state index in [1.165, 1.54) is 12.7 Å². The van der Waals surface area contributed by atoms with Gasteiger partial charge in [-0.2, -0.15) is 4.98 Å². The van der Waals surface area contributed by atoms with Crippen molar-refractivity contribution in [3.63, 3.8) is 0 Å². The minimum absolute atomic E-state index is 0.0492. The number of hydrogen-bond donors (Lipinski definition) is 3. The van der Waals surface area contributed by atoms with Gasteiger partial charge < -0.3 is 20.7 Å². The van der Waals surface area contributed by atoms with E-state index in [9.17, 15) is 14.0 Å². The topological polar surface area (TPSA) is 108 Å². The van der Waals surface area contributed by atoms with Crippen LogP contribution in [0.5, 0.6) is 0 Å². The van der Waals surface area contributed by atoms with E-state index in [4.69, 9.17) is 4.74 Å². The summed E-state index contributed by atoms with van der Waals surface area (Å²) in [4.78, 5) is 32.8. The fourth-order valence-corrected chi connectivity index (χ4v) is 4.33. The molecular formula is C22H27FN6O3. The van der Waals surface area contributed by atoms with Crippen LogP contribution in [0.15, 0.2) is 24.4 Å². The number of nitrogens with one attached hydrogen (secondary N) is 3. The number of methoxy groups -OCH3 is 1. The Morgan fingerprint density at radius 1 is 1.31 bits per heavy atom. The van der Waals surface area contributed by atoms with Gasteiger partial charge in [0.15, 0.2) is 11.6 Å². The third kappa shape index (κ3) is 5.13. The largest absolute Gasteiger partial charge is 0.468 e. The van der Waals surface area contributed by atoms with Gasteiger partial charge in [0.05, 0.1) is 19.9 Å². The number of ether oxygens (including phenoxy) is 1. The zero-order valence-electron chi connectivity index (χ0n) is 17.9. The van der Waals surface area contributed by atoms with Gasteiger partial charge in [-0.05, 0) is 48.9 Å². The quantitative estimate of drug-likeness (QED) is 0.421. The van der Waals surface area contributed by atoms with Crippen LogP contribution in [0.1, 0.15) is 30.4 Å². The molecule has 1 aliphatic heterocycles. The lowest BCUT2D eigenvalue weighted by molar-refractivity contribution is -0.142. The molecule has 1 amide bonds. The molecule has 4 rings (SSSR count). The number of amides is 1. The van der Waals surface area contributed by atoms with Crippen molar-refractivity contribution in [2.45, 2.75) is 44.3 Å². The molecule has 32 heavy (non-hydrogen) atoms. The fraction of sp³-hybridized carbons (Fsp3) is 0.455. The first-order valence-corrected chi connectivity index (χ1v) is 10.7. The molecule has 0 saturated heterocycles. The van der Waals surface area contributed by atoms with Gasteiger partial charge >= 0.3 is 5.97 Å². The molecule has 9 nitrogen and oxygen atoms in total. The molecule has 1 saturated carbocycles. The number of fused-ring (bicyclic) bond motifs is 1. The lowest BCUT2D eigenvalue weighted by Crippen LogP contribution is -2.39. The van der Waals surface area contributed by atoms with E-state index in [1.54, 1.807) is 0 Å². The third-order valence-corrected chi connectivity index (χ3v) is 6.00. The van der Waals surface area contributed by atoms with Crippen LogP contribution in [0.2, 0.25) is 0 Å². The SMILES string of the molecule is COC(=O)CN1CCc2ccc(Nc3ncc(F)c(NC4CCCC4NC=O)n3)cc2C1. The van der Waals surface area contributed by atoms with Crippen LogP contribution in [0.25, 0.3) is 0 Å². The molecule has 1 aliphatic carbocycles. The molecule has 2 aromatic rings. The van der Waals surface area contributed by atoms with Crippen LogP contribution in [0, 0.1) is 5.82 Å². The van der Waals surface area contributed by atoms with Gasteiger partial charge in [-0.3, -0.25) is 14.5 Å². The first kappa shape index (κ1) is 21.9. The zero-order valence-corrected chi connectivity index (χ0v) is 17.9. The summed E-state index contributed by atoms with van der Waals surface area (Å²) in [7, 11) is 1.39. The minimum atomic E-state index is -0.545. The molecular weight excluding hydrogens is 415 g/mol. The monoisotopic (exact) mass is 442 g/mol. The van der Waals surface area contributed by atoms with Crippen molar-refractivity contribution >= 4 is 29.8 Å². The number of benzene rings is 1. The molecule has 1 aromatic carbocycles. The molecule has 0 radical (unpaired) electrons. The summed E-state index contributed by atoms with van der Waals surface area (Å²) in [5.74, 6) is -0.421. The summed E-state index contributed by atoms with van der Waals surface area (Å²) < 4.78 is 19.1. The van der Waals surface area contributed by atoms with Crippen molar-refractivity contribution < 1.29 is 18.7 Å². The van der Waals surface area contributed by atoms with Crippen LogP contribution in [0.4, 0.5) is 21.8 Å². The number of carbonyl (C=O) groups excluding carboxylic acids is 2. The first-order chi connectivity index (χ1) is 15.6. The first-order valence-electron chi connectivity index (χ1n) is 10.7. The maximum atomic E-state index is 14.3. The highest BCUT2D eigenvalue weighted by Gasteiger charge is 2.28. The van der Waals surface area contributed by atoms with Crippen molar-refractivity contribution in [3.05, 3.63) is 41.3 Å². The second-order valence-electron chi connectivity index (χ2n) is 8.11. The Labute approximate surface area is 185 Å². The van der Waals surface area contributed by atoms with E-state index in [2.05, 4.69) is 25.9 Å². The normalized spacial score (nSPS) is 20.3. The van der Waals surface area contributed by atoms with Crippen molar-refractivity contribution in [1.82, 2.24) is 20.2 Å². The number of carbonyl (C=O) groups is 2. The van der Waals surface area contributed by atoms with E-state index in [0.717, 1.165) is 49.7 Å². The van der Waals surface area contributed by atoms with Crippen molar-refractivity contribution in [1.29, 1.82) is 0 Å². The highest BCUT2D eigenvalue weighted by molar-refractivity contribution is 5.71. The molecule has 2 heterocycles. The van der Waals surface area contributed by atoms with Crippen LogP contribution in [-0.4, -0.2) is 59.5 Å². The van der Waals surface area contributed by atoms with E-state index in [-0.39, 0.29) is 36.4 Å². The molecule has 2 aliphatic rings. The minimum Gasteiger partial charge on any atom is -0.468 e. The molecule has 3 N–H and O–H groups in total. The Kier molecular flexibility index (Phi) is 6.79. The van der Waals surface area contributed by atoms with Crippen LogP contribution in [-0.2, 0) is 27.3 Å². The lowest BCUT2D eigenvalue weighted by atomic mass is 9.99. The fourth-order valence-electron chi connectivity index (χ4n) is 4.33. The summed E-state index contributed by atoms with van der Waals surface area (Å²) in [6, 6.07) is 5.85. The van der Waals surface area contributed by atoms with Crippen molar-refractivity contribution in [2.24, 2.45) is 0 Å². The Bertz CT molecular complexity index is 988. The maximum absolute atomic E-state index is 14.3. The number of halogens is 1. The highest BCUT2D eigenvalue weighted by atomic mass is 19.1. The Hall–Kier alpha value is -3.27. The van der Waals surface area contributed by atoms with Gasteiger partial charge in [-0.25, -0.2) is 9.37 Å². The third-order valence-electron chi connectivity index (χ3n) is 6.00. The Morgan fingerprint density at radius 3 is 2.97 bits per heavy atom. The summed E-state index contributed by atoms with van der Waals surface area (Å²) in [6.45, 7) is 1.70. The summed E-state index contributed by atoms with van der Waals surface area (Å²) in [5, 5.41) is 9.03. The van der Waals surface area contributed by atoms with Gasteiger partial charge in [-0.15, -0.1) is 0 Å². The molecule has 170 valence electrons. The molecule has 1 aromatic heterocycles. The average molecular weight is 442 g/mol. The second kappa shape index (κ2) is 9.90. The van der Waals surface area contributed by atoms with E-state index in [1.807, 2.05) is 23.1 Å². The van der Waals surface area contributed by atoms with Gasteiger partial charge in [0.25, 0.3) is 0 Å². The smallest absolute Gasteiger partial charge is 0.319 e. The van der Waals surface area contributed by atoms with E-state index >= 15 is 0 Å². The average Bonchev–Trinajstić information content (AvgIpc) is 3.22. The predicted molar refractivity (Wildman–Crippen MR) is 117 cm³/mol. The number of rotatable bonds is 8. The molecule has 10 heteroatoms. The lowest BCUT2D eigenvalue weighted by Gasteiger charge is -2.28. The predicted octanol–water partition coefficient (Wildman–Crippen LogP) is 1.97. The van der Waals surface area contributed by atoms with Gasteiger partial charge in [0, 0.05) is 30.9 Å². The number of nitrogens with zero attached hydrogens (tertiary/aromatic N) is 3. The molecule has 0 spiro atoms. The second-order valence-corrected chi connectivity index (χ2v) is 8.11. The summed E-state index contributed by atoms with van der Waals surface area (Å²) in [6.07, 6.45) is 5.27. The van der Waals surface area contributed by atoms with E-state index < -0.39 is 5.82 Å². The van der Waals surface area contributed by atoms with Crippen LogP contribution >= 0.6 is 0 Å². The number of aromatic nitrogens is 2. The van der Waals surface area contributed by atoms with Crippen molar-refractivity contribution in [3.8, 4) is 0 Å². The highest BCUT2D eigenvalue weighted by Crippen LogP contribution is 2.26. The summed E-state index contributed by atoms with van der Waals surface area (Å²) >= 11 is 0. The van der Waals surface area contributed by atoms with Gasteiger partial charge in [-0.1, -0.05) is 6.07 Å². The van der Waals surface area contributed by atoms with Crippen LogP contribution in [0.3, 0.4) is 0 Å². The molecule has 0 bridgehead atoms. The van der Waals surface area contributed by atoms with E-state index in [0.29, 0.717) is 13.0 Å². The number of anilines is 3.